The molecular formula is C10H13N2. The summed E-state index contributed by atoms with van der Waals surface area (Å²) < 4.78 is 0. The molecule has 0 atom stereocenters. The second kappa shape index (κ2) is 3.57. The van der Waals surface area contributed by atoms with E-state index in [2.05, 4.69) is 16.0 Å². The molecule has 0 saturated carbocycles. The minimum atomic E-state index is 1.01. The lowest BCUT2D eigenvalue weighted by molar-refractivity contribution is 0.573. The molecule has 2 heterocycles. The monoisotopic (exact) mass is 161 g/mol. The summed E-state index contributed by atoms with van der Waals surface area (Å²) >= 11 is 0. The van der Waals surface area contributed by atoms with Crippen molar-refractivity contribution in [1.29, 1.82) is 0 Å². The molecule has 1 fully saturated rings. The van der Waals surface area contributed by atoms with Crippen LogP contribution in [0.1, 0.15) is 19.3 Å². The molecule has 0 amide bonds. The van der Waals surface area contributed by atoms with E-state index in [-0.39, 0.29) is 0 Å². The van der Waals surface area contributed by atoms with Crippen molar-refractivity contribution in [3.8, 4) is 0 Å². The van der Waals surface area contributed by atoms with Gasteiger partial charge in [-0.2, -0.15) is 0 Å². The summed E-state index contributed by atoms with van der Waals surface area (Å²) in [6, 6.07) is 6.99. The molecule has 1 radical (unpaired) electrons. The van der Waals surface area contributed by atoms with E-state index in [1.54, 1.807) is 0 Å². The van der Waals surface area contributed by atoms with Crippen LogP contribution >= 0.6 is 0 Å². The molecule has 2 heteroatoms. The van der Waals surface area contributed by atoms with Gasteiger partial charge in [-0.25, -0.2) is 4.98 Å². The van der Waals surface area contributed by atoms with Crippen molar-refractivity contribution < 1.29 is 0 Å². The molecule has 1 aromatic rings. The summed E-state index contributed by atoms with van der Waals surface area (Å²) in [5, 5.41) is 0. The SMILES string of the molecule is [c]1cccnc1N1CCCCC1. The van der Waals surface area contributed by atoms with Crippen LogP contribution in [0.5, 0.6) is 0 Å². The first-order valence-corrected chi connectivity index (χ1v) is 4.54. The van der Waals surface area contributed by atoms with Crippen LogP contribution in [-0.4, -0.2) is 18.1 Å². The zero-order valence-corrected chi connectivity index (χ0v) is 7.16. The Hall–Kier alpha value is -1.05. The minimum absolute atomic E-state index is 1.01. The summed E-state index contributed by atoms with van der Waals surface area (Å²) in [7, 11) is 0. The van der Waals surface area contributed by atoms with E-state index in [0.717, 1.165) is 18.9 Å². The van der Waals surface area contributed by atoms with E-state index in [4.69, 9.17) is 0 Å². The van der Waals surface area contributed by atoms with Crippen molar-refractivity contribution in [3.05, 3.63) is 24.4 Å². The highest BCUT2D eigenvalue weighted by atomic mass is 15.2. The topological polar surface area (TPSA) is 16.1 Å². The van der Waals surface area contributed by atoms with E-state index in [0.29, 0.717) is 0 Å². The highest BCUT2D eigenvalue weighted by Gasteiger charge is 2.10. The van der Waals surface area contributed by atoms with E-state index < -0.39 is 0 Å². The Balaban J connectivity index is 2.08. The maximum Gasteiger partial charge on any atom is 0.136 e. The molecule has 0 N–H and O–H groups in total. The summed E-state index contributed by atoms with van der Waals surface area (Å²) in [5.41, 5.74) is 0. The number of hydrogen-bond donors (Lipinski definition) is 0. The summed E-state index contributed by atoms with van der Waals surface area (Å²) in [5.74, 6) is 1.01. The molecule has 0 unspecified atom stereocenters. The molecule has 2 nitrogen and oxygen atoms in total. The molecule has 0 aliphatic carbocycles. The van der Waals surface area contributed by atoms with Crippen molar-refractivity contribution in [3.63, 3.8) is 0 Å². The van der Waals surface area contributed by atoms with Gasteiger partial charge < -0.3 is 4.90 Å². The quantitative estimate of drug-likeness (QED) is 0.625. The smallest absolute Gasteiger partial charge is 0.136 e. The Morgan fingerprint density at radius 1 is 1.25 bits per heavy atom. The Labute approximate surface area is 73.2 Å². The molecule has 1 saturated heterocycles. The van der Waals surface area contributed by atoms with Crippen LogP contribution in [0.2, 0.25) is 0 Å². The zero-order chi connectivity index (χ0) is 8.23. The van der Waals surface area contributed by atoms with Crippen LogP contribution in [-0.2, 0) is 0 Å². The molecule has 1 aliphatic rings. The third-order valence-corrected chi connectivity index (χ3v) is 2.25. The molecule has 0 aromatic carbocycles. The fraction of sp³-hybridized carbons (Fsp3) is 0.500. The molecule has 1 aliphatic heterocycles. The maximum absolute atomic E-state index is 4.27. The van der Waals surface area contributed by atoms with Gasteiger partial charge in [0.25, 0.3) is 0 Å². The molecule has 12 heavy (non-hydrogen) atoms. The first kappa shape index (κ1) is 7.59. The van der Waals surface area contributed by atoms with Gasteiger partial charge in [-0.05, 0) is 31.4 Å². The standard InChI is InChI=1S/C10H13N2/c1-4-8-12(9-5-1)10-6-2-3-7-11-10/h2-3,7H,1,4-5,8-9H2. The highest BCUT2D eigenvalue weighted by Crippen LogP contribution is 2.15. The lowest BCUT2D eigenvalue weighted by Gasteiger charge is -2.27. The number of piperidine rings is 1. The van der Waals surface area contributed by atoms with Gasteiger partial charge in [-0.15, -0.1) is 0 Å². The fourth-order valence-electron chi connectivity index (χ4n) is 1.60. The molecule has 0 bridgehead atoms. The van der Waals surface area contributed by atoms with Crippen LogP contribution < -0.4 is 4.90 Å². The van der Waals surface area contributed by atoms with Gasteiger partial charge in [-0.1, -0.05) is 0 Å². The first-order valence-electron chi connectivity index (χ1n) is 4.54. The number of nitrogens with zero attached hydrogens (tertiary/aromatic N) is 2. The van der Waals surface area contributed by atoms with Gasteiger partial charge in [0.2, 0.25) is 0 Å². The number of rotatable bonds is 1. The van der Waals surface area contributed by atoms with E-state index in [1.165, 1.54) is 19.3 Å². The van der Waals surface area contributed by atoms with Gasteiger partial charge in [0, 0.05) is 25.4 Å². The molecule has 0 spiro atoms. The van der Waals surface area contributed by atoms with Crippen LogP contribution in [0.3, 0.4) is 0 Å². The lowest BCUT2D eigenvalue weighted by Crippen LogP contribution is -2.30. The second-order valence-corrected chi connectivity index (χ2v) is 3.15. The normalized spacial score (nSPS) is 17.8. The van der Waals surface area contributed by atoms with E-state index in [1.807, 2.05) is 18.3 Å². The van der Waals surface area contributed by atoms with Crippen molar-refractivity contribution >= 4 is 5.82 Å². The highest BCUT2D eigenvalue weighted by molar-refractivity contribution is 5.36. The molecule has 1 aromatic heterocycles. The van der Waals surface area contributed by atoms with Crippen molar-refractivity contribution in [1.82, 2.24) is 4.98 Å². The zero-order valence-electron chi connectivity index (χ0n) is 7.16. The predicted octanol–water partition coefficient (Wildman–Crippen LogP) is 1.87. The number of hydrogen-bond acceptors (Lipinski definition) is 2. The minimum Gasteiger partial charge on any atom is -0.356 e. The Morgan fingerprint density at radius 3 is 2.75 bits per heavy atom. The van der Waals surface area contributed by atoms with Gasteiger partial charge >= 0.3 is 0 Å². The Bertz CT molecular complexity index is 227. The maximum atomic E-state index is 4.27. The molecular weight excluding hydrogens is 148 g/mol. The van der Waals surface area contributed by atoms with Crippen LogP contribution in [0, 0.1) is 6.07 Å². The largest absolute Gasteiger partial charge is 0.356 e. The Morgan fingerprint density at radius 2 is 2.08 bits per heavy atom. The predicted molar refractivity (Wildman–Crippen MR) is 49.1 cm³/mol. The van der Waals surface area contributed by atoms with Gasteiger partial charge in [0.05, 0.1) is 0 Å². The van der Waals surface area contributed by atoms with Crippen molar-refractivity contribution in [2.75, 3.05) is 18.0 Å². The van der Waals surface area contributed by atoms with Crippen molar-refractivity contribution in [2.45, 2.75) is 19.3 Å². The van der Waals surface area contributed by atoms with E-state index in [9.17, 15) is 0 Å². The van der Waals surface area contributed by atoms with Crippen molar-refractivity contribution in [2.24, 2.45) is 0 Å². The number of anilines is 1. The van der Waals surface area contributed by atoms with Gasteiger partial charge in [0.1, 0.15) is 5.82 Å². The van der Waals surface area contributed by atoms with E-state index >= 15 is 0 Å². The molecule has 63 valence electrons. The van der Waals surface area contributed by atoms with Crippen LogP contribution in [0.4, 0.5) is 5.82 Å². The summed E-state index contributed by atoms with van der Waals surface area (Å²) in [6.07, 6.45) is 5.79. The van der Waals surface area contributed by atoms with Crippen LogP contribution in [0.15, 0.2) is 18.3 Å². The first-order chi connectivity index (χ1) is 5.97. The number of aromatic nitrogens is 1. The summed E-state index contributed by atoms with van der Waals surface area (Å²) in [4.78, 5) is 6.58. The number of pyridine rings is 1. The van der Waals surface area contributed by atoms with Gasteiger partial charge in [-0.3, -0.25) is 0 Å². The average molecular weight is 161 g/mol. The fourth-order valence-corrected chi connectivity index (χ4v) is 1.60. The summed E-state index contributed by atoms with van der Waals surface area (Å²) in [6.45, 7) is 2.29. The average Bonchev–Trinajstić information content (AvgIpc) is 2.21. The molecule has 2 rings (SSSR count). The van der Waals surface area contributed by atoms with Gasteiger partial charge in [0.15, 0.2) is 0 Å². The lowest BCUT2D eigenvalue weighted by atomic mass is 10.1. The Kier molecular flexibility index (Phi) is 2.26. The second-order valence-electron chi connectivity index (χ2n) is 3.15. The third kappa shape index (κ3) is 1.58. The van der Waals surface area contributed by atoms with Crippen LogP contribution in [0.25, 0.3) is 0 Å². The third-order valence-electron chi connectivity index (χ3n) is 2.25.